The number of methoxy groups -OCH3 is 1. The monoisotopic (exact) mass is 555 g/mol. The largest absolute Gasteiger partial charge is 0.497 e. The summed E-state index contributed by atoms with van der Waals surface area (Å²) in [5, 5.41) is 3.70. The quantitative estimate of drug-likeness (QED) is 0.472. The fraction of sp³-hybridized carbons (Fsp3) is 0.440. The van der Waals surface area contributed by atoms with Crippen LogP contribution < -0.4 is 14.4 Å². The molecule has 3 rings (SSSR count). The van der Waals surface area contributed by atoms with Crippen LogP contribution >= 0.6 is 23.2 Å². The summed E-state index contributed by atoms with van der Waals surface area (Å²) in [4.78, 5) is 28.1. The molecule has 1 N–H and O–H groups in total. The number of rotatable bonds is 10. The van der Waals surface area contributed by atoms with Gasteiger partial charge in [-0.3, -0.25) is 13.9 Å². The zero-order chi connectivity index (χ0) is 26.5. The Hall–Kier alpha value is -2.49. The fourth-order valence-corrected chi connectivity index (χ4v) is 5.57. The van der Waals surface area contributed by atoms with Crippen molar-refractivity contribution in [2.45, 2.75) is 51.2 Å². The Bertz CT molecular complexity index is 1180. The lowest BCUT2D eigenvalue weighted by atomic mass is 10.1. The highest BCUT2D eigenvalue weighted by Crippen LogP contribution is 2.28. The van der Waals surface area contributed by atoms with Crippen LogP contribution in [-0.2, 0) is 26.2 Å². The number of carbonyl (C=O) groups excluding carboxylic acids is 2. The van der Waals surface area contributed by atoms with Gasteiger partial charge in [-0.05, 0) is 44.0 Å². The van der Waals surface area contributed by atoms with Crippen molar-refractivity contribution in [3.63, 3.8) is 0 Å². The van der Waals surface area contributed by atoms with Crippen LogP contribution in [0.4, 0.5) is 5.69 Å². The van der Waals surface area contributed by atoms with Crippen LogP contribution in [0.3, 0.4) is 0 Å². The van der Waals surface area contributed by atoms with Gasteiger partial charge in [-0.25, -0.2) is 8.42 Å². The number of halogens is 2. The van der Waals surface area contributed by atoms with Gasteiger partial charge in [0.15, 0.2) is 0 Å². The number of carbonyl (C=O) groups is 2. The van der Waals surface area contributed by atoms with E-state index >= 15 is 0 Å². The summed E-state index contributed by atoms with van der Waals surface area (Å²) in [6, 6.07) is 10.6. The molecule has 0 unspecified atom stereocenters. The molecule has 0 saturated heterocycles. The topological polar surface area (TPSA) is 96.0 Å². The minimum absolute atomic E-state index is 0.0603. The van der Waals surface area contributed by atoms with E-state index in [1.165, 1.54) is 18.1 Å². The van der Waals surface area contributed by atoms with Gasteiger partial charge in [0.25, 0.3) is 0 Å². The van der Waals surface area contributed by atoms with Gasteiger partial charge in [-0.2, -0.15) is 0 Å². The second-order valence-corrected chi connectivity index (χ2v) is 11.6. The molecule has 1 saturated carbocycles. The first kappa shape index (κ1) is 28.1. The van der Waals surface area contributed by atoms with Crippen molar-refractivity contribution in [1.82, 2.24) is 10.2 Å². The molecule has 11 heteroatoms. The average Bonchev–Trinajstić information content (AvgIpc) is 3.34. The normalized spacial score (nSPS) is 14.8. The first-order valence-corrected chi connectivity index (χ1v) is 14.3. The van der Waals surface area contributed by atoms with E-state index in [4.69, 9.17) is 27.9 Å². The Morgan fingerprint density at radius 3 is 2.31 bits per heavy atom. The van der Waals surface area contributed by atoms with Crippen LogP contribution in [0.25, 0.3) is 0 Å². The van der Waals surface area contributed by atoms with Gasteiger partial charge < -0.3 is 15.0 Å². The first-order valence-electron chi connectivity index (χ1n) is 11.7. The van der Waals surface area contributed by atoms with Crippen LogP contribution in [0.15, 0.2) is 42.5 Å². The van der Waals surface area contributed by atoms with Gasteiger partial charge in [0.2, 0.25) is 21.8 Å². The van der Waals surface area contributed by atoms with Gasteiger partial charge in [0.05, 0.1) is 19.1 Å². The molecule has 0 radical (unpaired) electrons. The Balaban J connectivity index is 1.93. The Morgan fingerprint density at radius 1 is 1.11 bits per heavy atom. The van der Waals surface area contributed by atoms with E-state index in [0.717, 1.165) is 36.2 Å². The van der Waals surface area contributed by atoms with E-state index in [1.54, 1.807) is 43.3 Å². The van der Waals surface area contributed by atoms with Gasteiger partial charge in [-0.1, -0.05) is 48.2 Å². The summed E-state index contributed by atoms with van der Waals surface area (Å²) in [6.45, 7) is 1.03. The molecule has 0 spiro atoms. The van der Waals surface area contributed by atoms with Crippen molar-refractivity contribution >= 4 is 50.7 Å². The summed E-state index contributed by atoms with van der Waals surface area (Å²) < 4.78 is 31.6. The van der Waals surface area contributed by atoms with Crippen LogP contribution in [0.2, 0.25) is 10.0 Å². The molecular weight excluding hydrogens is 525 g/mol. The molecule has 1 fully saturated rings. The number of nitrogens with zero attached hydrogens (tertiary/aromatic N) is 2. The molecule has 1 aliphatic carbocycles. The maximum Gasteiger partial charge on any atom is 0.244 e. The summed E-state index contributed by atoms with van der Waals surface area (Å²) in [5.74, 6) is -0.448. The molecule has 2 aromatic rings. The number of hydrogen-bond acceptors (Lipinski definition) is 5. The van der Waals surface area contributed by atoms with Crippen LogP contribution in [0.1, 0.15) is 38.2 Å². The second kappa shape index (κ2) is 12.2. The number of anilines is 1. The Kier molecular flexibility index (Phi) is 9.49. The molecule has 0 aliphatic heterocycles. The van der Waals surface area contributed by atoms with E-state index < -0.39 is 28.5 Å². The highest BCUT2D eigenvalue weighted by atomic mass is 35.5. The Morgan fingerprint density at radius 2 is 1.72 bits per heavy atom. The lowest BCUT2D eigenvalue weighted by Gasteiger charge is -2.32. The van der Waals surface area contributed by atoms with Crippen LogP contribution in [0.5, 0.6) is 5.75 Å². The molecule has 36 heavy (non-hydrogen) atoms. The summed E-state index contributed by atoms with van der Waals surface area (Å²) >= 11 is 12.7. The Labute approximate surface area is 222 Å². The third-order valence-electron chi connectivity index (χ3n) is 6.28. The third-order valence-corrected chi connectivity index (χ3v) is 8.13. The van der Waals surface area contributed by atoms with Crippen molar-refractivity contribution in [3.8, 4) is 5.75 Å². The van der Waals surface area contributed by atoms with Gasteiger partial charge in [0, 0.05) is 34.3 Å². The predicted molar refractivity (Wildman–Crippen MR) is 142 cm³/mol. The molecule has 1 aliphatic rings. The fourth-order valence-electron chi connectivity index (χ4n) is 4.21. The number of benzene rings is 2. The maximum atomic E-state index is 13.7. The van der Waals surface area contributed by atoms with Crippen molar-refractivity contribution in [1.29, 1.82) is 0 Å². The molecule has 2 amide bonds. The van der Waals surface area contributed by atoms with Crippen molar-refractivity contribution < 1.29 is 22.7 Å². The molecule has 0 aromatic heterocycles. The molecule has 0 heterocycles. The number of ether oxygens (including phenoxy) is 1. The highest BCUT2D eigenvalue weighted by Gasteiger charge is 2.32. The number of nitrogens with one attached hydrogen (secondary N) is 1. The standard InChI is InChI=1S/C25H31Cl2N3O5S/c1-17(25(32)28-18-8-4-5-9-18)29(15-21-22(26)12-7-13-23(21)27)24(31)16-30(36(3,33)34)19-10-6-11-20(14-19)35-2/h6-7,10-14,17-18H,4-5,8-9,15-16H2,1-3H3,(H,28,32)/t17-/m1/s1. The molecule has 2 aromatic carbocycles. The lowest BCUT2D eigenvalue weighted by molar-refractivity contribution is -0.139. The number of amides is 2. The predicted octanol–water partition coefficient (Wildman–Crippen LogP) is 4.24. The minimum atomic E-state index is -3.85. The van der Waals surface area contributed by atoms with E-state index in [1.807, 2.05) is 0 Å². The van der Waals surface area contributed by atoms with Crippen LogP contribution in [-0.4, -0.2) is 57.1 Å². The van der Waals surface area contributed by atoms with E-state index in [0.29, 0.717) is 21.4 Å². The van der Waals surface area contributed by atoms with Crippen LogP contribution in [0, 0.1) is 0 Å². The summed E-state index contributed by atoms with van der Waals surface area (Å²) in [6.07, 6.45) is 4.88. The second-order valence-electron chi connectivity index (χ2n) is 8.86. The van der Waals surface area contributed by atoms with E-state index in [9.17, 15) is 18.0 Å². The van der Waals surface area contributed by atoms with Crippen molar-refractivity contribution in [2.75, 3.05) is 24.2 Å². The van der Waals surface area contributed by atoms with E-state index in [-0.39, 0.29) is 24.2 Å². The van der Waals surface area contributed by atoms with E-state index in [2.05, 4.69) is 5.32 Å². The lowest BCUT2D eigenvalue weighted by Crippen LogP contribution is -2.52. The van der Waals surface area contributed by atoms with Crippen molar-refractivity contribution in [2.24, 2.45) is 0 Å². The zero-order valence-corrected chi connectivity index (χ0v) is 22.9. The van der Waals surface area contributed by atoms with Crippen molar-refractivity contribution in [3.05, 3.63) is 58.1 Å². The first-order chi connectivity index (χ1) is 17.0. The molecule has 0 bridgehead atoms. The zero-order valence-electron chi connectivity index (χ0n) is 20.5. The molecule has 196 valence electrons. The maximum absolute atomic E-state index is 13.7. The summed E-state index contributed by atoms with van der Waals surface area (Å²) in [5.41, 5.74) is 0.742. The SMILES string of the molecule is COc1cccc(N(CC(=O)N(Cc2c(Cl)cccc2Cl)[C@H](C)C(=O)NC2CCCC2)S(C)(=O)=O)c1. The summed E-state index contributed by atoms with van der Waals surface area (Å²) in [7, 11) is -2.38. The van der Waals surface area contributed by atoms with Gasteiger partial charge >= 0.3 is 0 Å². The third kappa shape index (κ3) is 7.05. The number of sulfonamides is 1. The average molecular weight is 557 g/mol. The van der Waals surface area contributed by atoms with Gasteiger partial charge in [0.1, 0.15) is 18.3 Å². The molecule has 8 nitrogen and oxygen atoms in total. The molecular formula is C25H31Cl2N3O5S. The smallest absolute Gasteiger partial charge is 0.244 e. The van der Waals surface area contributed by atoms with Gasteiger partial charge in [-0.15, -0.1) is 0 Å². The highest BCUT2D eigenvalue weighted by molar-refractivity contribution is 7.92. The minimum Gasteiger partial charge on any atom is -0.497 e. The molecule has 1 atom stereocenters. The number of hydrogen-bond donors (Lipinski definition) is 1.